The molecule has 7 heteroatoms. The zero-order valence-corrected chi connectivity index (χ0v) is 8.83. The summed E-state index contributed by atoms with van der Waals surface area (Å²) in [6.07, 6.45) is -8.38. The third-order valence-electron chi connectivity index (χ3n) is 1.97. The SMILES string of the molecule is C/C(=N\N)c1ccc(OC(F)(F)C(F)F)cc1. The molecule has 2 N–H and O–H groups in total. The number of benzene rings is 1. The van der Waals surface area contributed by atoms with E-state index in [9.17, 15) is 17.6 Å². The minimum atomic E-state index is -4.50. The highest BCUT2D eigenvalue weighted by atomic mass is 19.3. The van der Waals surface area contributed by atoms with Gasteiger partial charge in [0.05, 0.1) is 5.71 Å². The van der Waals surface area contributed by atoms with Gasteiger partial charge in [0.1, 0.15) is 5.75 Å². The molecule has 0 saturated heterocycles. The Morgan fingerprint density at radius 1 is 1.29 bits per heavy atom. The van der Waals surface area contributed by atoms with Gasteiger partial charge in [-0.1, -0.05) is 0 Å². The van der Waals surface area contributed by atoms with Crippen molar-refractivity contribution in [2.75, 3.05) is 0 Å². The summed E-state index contributed by atoms with van der Waals surface area (Å²) in [5.41, 5.74) is 1.07. The number of hydrogen-bond donors (Lipinski definition) is 1. The lowest BCUT2D eigenvalue weighted by atomic mass is 10.1. The molecule has 1 rings (SSSR count). The molecule has 0 saturated carbocycles. The maximum Gasteiger partial charge on any atom is 0.461 e. The van der Waals surface area contributed by atoms with Gasteiger partial charge in [-0.3, -0.25) is 0 Å². The number of hydrogen-bond acceptors (Lipinski definition) is 3. The van der Waals surface area contributed by atoms with E-state index in [0.717, 1.165) is 12.1 Å². The van der Waals surface area contributed by atoms with Gasteiger partial charge in [-0.2, -0.15) is 22.7 Å². The molecule has 17 heavy (non-hydrogen) atoms. The molecule has 94 valence electrons. The first kappa shape index (κ1) is 13.3. The molecule has 0 heterocycles. The second-order valence-electron chi connectivity index (χ2n) is 3.20. The molecule has 0 atom stereocenters. The van der Waals surface area contributed by atoms with Crippen molar-refractivity contribution in [3.63, 3.8) is 0 Å². The largest absolute Gasteiger partial charge is 0.461 e. The Hall–Kier alpha value is -1.79. The predicted molar refractivity (Wildman–Crippen MR) is 54.4 cm³/mol. The van der Waals surface area contributed by atoms with Crippen LogP contribution in [0.2, 0.25) is 0 Å². The van der Waals surface area contributed by atoms with Crippen LogP contribution in [0.1, 0.15) is 12.5 Å². The molecule has 1 aromatic rings. The molecule has 0 aliphatic rings. The molecule has 0 amide bonds. The summed E-state index contributed by atoms with van der Waals surface area (Å²) in [4.78, 5) is 0. The fraction of sp³-hybridized carbons (Fsp3) is 0.300. The predicted octanol–water partition coefficient (Wildman–Crippen LogP) is 2.61. The van der Waals surface area contributed by atoms with Gasteiger partial charge in [0, 0.05) is 0 Å². The average Bonchev–Trinajstić information content (AvgIpc) is 2.28. The quantitative estimate of drug-likeness (QED) is 0.386. The summed E-state index contributed by atoms with van der Waals surface area (Å²) in [5.74, 6) is 4.66. The van der Waals surface area contributed by atoms with Crippen molar-refractivity contribution in [3.05, 3.63) is 29.8 Å². The van der Waals surface area contributed by atoms with Crippen LogP contribution >= 0.6 is 0 Å². The molecule has 1 aromatic carbocycles. The third kappa shape index (κ3) is 3.33. The van der Waals surface area contributed by atoms with E-state index in [0.29, 0.717) is 11.3 Å². The number of ether oxygens (including phenoxy) is 1. The fourth-order valence-corrected chi connectivity index (χ4v) is 1.04. The number of halogens is 4. The molecule has 0 spiro atoms. The maximum absolute atomic E-state index is 12.5. The topological polar surface area (TPSA) is 47.6 Å². The molecular formula is C10H10F4N2O. The second-order valence-corrected chi connectivity index (χ2v) is 3.20. The van der Waals surface area contributed by atoms with Gasteiger partial charge in [0.25, 0.3) is 0 Å². The van der Waals surface area contributed by atoms with Gasteiger partial charge in [0.15, 0.2) is 0 Å². The van der Waals surface area contributed by atoms with Crippen LogP contribution in [0.5, 0.6) is 5.75 Å². The van der Waals surface area contributed by atoms with Crippen molar-refractivity contribution in [2.24, 2.45) is 10.9 Å². The number of alkyl halides is 4. The first-order valence-corrected chi connectivity index (χ1v) is 4.56. The highest BCUT2D eigenvalue weighted by Gasteiger charge is 2.43. The van der Waals surface area contributed by atoms with Crippen molar-refractivity contribution in [3.8, 4) is 5.75 Å². The van der Waals surface area contributed by atoms with Crippen LogP contribution < -0.4 is 10.6 Å². The van der Waals surface area contributed by atoms with Crippen molar-refractivity contribution >= 4 is 5.71 Å². The molecule has 0 fully saturated rings. The third-order valence-corrected chi connectivity index (χ3v) is 1.97. The van der Waals surface area contributed by atoms with E-state index in [2.05, 4.69) is 9.84 Å². The number of hydrazone groups is 1. The van der Waals surface area contributed by atoms with Crippen molar-refractivity contribution < 1.29 is 22.3 Å². The van der Waals surface area contributed by atoms with E-state index in [1.165, 1.54) is 12.1 Å². The van der Waals surface area contributed by atoms with Gasteiger partial charge >= 0.3 is 12.5 Å². The number of nitrogens with zero attached hydrogens (tertiary/aromatic N) is 1. The Labute approximate surface area is 94.9 Å². The van der Waals surface area contributed by atoms with Crippen LogP contribution in [0.4, 0.5) is 17.6 Å². The van der Waals surface area contributed by atoms with E-state index in [-0.39, 0.29) is 5.75 Å². The monoisotopic (exact) mass is 250 g/mol. The van der Waals surface area contributed by atoms with Crippen LogP contribution in [-0.4, -0.2) is 18.2 Å². The maximum atomic E-state index is 12.5. The number of nitrogens with two attached hydrogens (primary N) is 1. The summed E-state index contributed by atoms with van der Waals surface area (Å²) in [6, 6.07) is 5.06. The Morgan fingerprint density at radius 3 is 2.24 bits per heavy atom. The van der Waals surface area contributed by atoms with E-state index < -0.39 is 12.5 Å². The first-order chi connectivity index (χ1) is 7.86. The highest BCUT2D eigenvalue weighted by Crippen LogP contribution is 2.27. The summed E-state index contributed by atoms with van der Waals surface area (Å²) in [5, 5.41) is 3.40. The average molecular weight is 250 g/mol. The molecular weight excluding hydrogens is 240 g/mol. The summed E-state index contributed by atoms with van der Waals surface area (Å²) >= 11 is 0. The van der Waals surface area contributed by atoms with Crippen molar-refractivity contribution in [2.45, 2.75) is 19.5 Å². The minimum Gasteiger partial charge on any atom is -0.428 e. The number of rotatable bonds is 4. The molecule has 0 aliphatic heterocycles. The van der Waals surface area contributed by atoms with Crippen LogP contribution in [0.3, 0.4) is 0 Å². The highest BCUT2D eigenvalue weighted by molar-refractivity contribution is 5.98. The summed E-state index contributed by atoms with van der Waals surface area (Å²) in [7, 11) is 0. The second kappa shape index (κ2) is 5.03. The zero-order valence-electron chi connectivity index (χ0n) is 8.83. The van der Waals surface area contributed by atoms with E-state index >= 15 is 0 Å². The van der Waals surface area contributed by atoms with Crippen LogP contribution in [0.15, 0.2) is 29.4 Å². The molecule has 0 unspecified atom stereocenters. The Kier molecular flexibility index (Phi) is 3.93. The Balaban J connectivity index is 2.82. The lowest BCUT2D eigenvalue weighted by molar-refractivity contribution is -0.253. The van der Waals surface area contributed by atoms with Gasteiger partial charge in [-0.05, 0) is 36.8 Å². The molecule has 0 aromatic heterocycles. The normalized spacial score (nSPS) is 12.9. The molecule has 3 nitrogen and oxygen atoms in total. The summed E-state index contributed by atoms with van der Waals surface area (Å²) in [6.45, 7) is 1.61. The Morgan fingerprint density at radius 2 is 1.82 bits per heavy atom. The molecule has 0 radical (unpaired) electrons. The zero-order chi connectivity index (χ0) is 13.1. The van der Waals surface area contributed by atoms with E-state index in [4.69, 9.17) is 5.84 Å². The van der Waals surface area contributed by atoms with E-state index in [1.807, 2.05) is 0 Å². The lowest BCUT2D eigenvalue weighted by Crippen LogP contribution is -2.33. The van der Waals surface area contributed by atoms with Crippen LogP contribution in [-0.2, 0) is 0 Å². The molecule has 0 bridgehead atoms. The molecule has 0 aliphatic carbocycles. The van der Waals surface area contributed by atoms with Crippen LogP contribution in [0.25, 0.3) is 0 Å². The first-order valence-electron chi connectivity index (χ1n) is 4.56. The van der Waals surface area contributed by atoms with Gasteiger partial charge in [-0.25, -0.2) is 0 Å². The van der Waals surface area contributed by atoms with Crippen LogP contribution in [0, 0.1) is 0 Å². The van der Waals surface area contributed by atoms with Crippen molar-refractivity contribution in [1.82, 2.24) is 0 Å². The van der Waals surface area contributed by atoms with Gasteiger partial charge < -0.3 is 10.6 Å². The standard InChI is InChI=1S/C10H10F4N2O/c1-6(16-15)7-2-4-8(5-3-7)17-10(13,14)9(11)12/h2-5,9H,15H2,1H3/b16-6+. The summed E-state index contributed by atoms with van der Waals surface area (Å²) < 4.78 is 52.7. The lowest BCUT2D eigenvalue weighted by Gasteiger charge is -2.16. The van der Waals surface area contributed by atoms with Gasteiger partial charge in [-0.15, -0.1) is 0 Å². The minimum absolute atomic E-state index is 0.358. The Bertz CT molecular complexity index is 403. The fourth-order valence-electron chi connectivity index (χ4n) is 1.04. The van der Waals surface area contributed by atoms with Gasteiger partial charge in [0.2, 0.25) is 0 Å². The van der Waals surface area contributed by atoms with Crippen molar-refractivity contribution in [1.29, 1.82) is 0 Å². The smallest absolute Gasteiger partial charge is 0.428 e. The van der Waals surface area contributed by atoms with E-state index in [1.54, 1.807) is 6.92 Å².